The molecular formula is C19H25N7OS. The number of aromatic nitrogens is 3. The highest BCUT2D eigenvalue weighted by molar-refractivity contribution is 7.10. The first kappa shape index (κ1) is 18.7. The van der Waals surface area contributed by atoms with Gasteiger partial charge in [0.2, 0.25) is 5.82 Å². The third-order valence-corrected chi connectivity index (χ3v) is 5.81. The predicted octanol–water partition coefficient (Wildman–Crippen LogP) is 2.63. The minimum atomic E-state index is 0.372. The lowest BCUT2D eigenvalue weighted by Gasteiger charge is -2.27. The zero-order chi connectivity index (χ0) is 19.2. The number of likely N-dealkylation sites (tertiary alicyclic amines) is 1. The van der Waals surface area contributed by atoms with E-state index in [1.54, 1.807) is 13.3 Å². The van der Waals surface area contributed by atoms with Gasteiger partial charge in [-0.05, 0) is 49.5 Å². The Labute approximate surface area is 168 Å². The molecule has 3 N–H and O–H groups in total. The van der Waals surface area contributed by atoms with Gasteiger partial charge in [-0.2, -0.15) is 0 Å². The van der Waals surface area contributed by atoms with Crippen LogP contribution < -0.4 is 10.6 Å². The Morgan fingerprint density at radius 1 is 1.32 bits per heavy atom. The van der Waals surface area contributed by atoms with Gasteiger partial charge in [0.15, 0.2) is 11.7 Å². The first-order valence-electron chi connectivity index (χ1n) is 9.50. The van der Waals surface area contributed by atoms with Crippen LogP contribution in [0.15, 0.2) is 45.3 Å². The number of furan rings is 1. The van der Waals surface area contributed by atoms with Crippen LogP contribution >= 0.6 is 11.3 Å². The lowest BCUT2D eigenvalue weighted by Crippen LogP contribution is -2.42. The number of hydrogen-bond donors (Lipinski definition) is 3. The average Bonchev–Trinajstić information content (AvgIpc) is 3.51. The van der Waals surface area contributed by atoms with Crippen LogP contribution in [0, 0.1) is 0 Å². The topological polar surface area (TPSA) is 94.4 Å². The number of thiophene rings is 1. The maximum absolute atomic E-state index is 5.32. The normalized spacial score (nSPS) is 16.4. The number of H-pyrrole nitrogens is 1. The highest BCUT2D eigenvalue weighted by Crippen LogP contribution is 2.27. The summed E-state index contributed by atoms with van der Waals surface area (Å²) in [7, 11) is 1.78. The van der Waals surface area contributed by atoms with E-state index < -0.39 is 0 Å². The van der Waals surface area contributed by atoms with Crippen LogP contribution in [0.3, 0.4) is 0 Å². The molecule has 3 aromatic rings. The molecule has 0 amide bonds. The fraction of sp³-hybridized carbons (Fsp3) is 0.421. The summed E-state index contributed by atoms with van der Waals surface area (Å²) in [5.74, 6) is 2.67. The molecule has 1 atom stereocenters. The van der Waals surface area contributed by atoms with Crippen molar-refractivity contribution in [1.82, 2.24) is 30.7 Å². The van der Waals surface area contributed by atoms with Crippen LogP contribution in [0.25, 0.3) is 11.6 Å². The SMILES string of the molecule is CN=C(NCc1nc(-c2ccco2)n[nH]1)NCC(c1cccs1)N1CCCC1. The molecule has 1 saturated heterocycles. The highest BCUT2D eigenvalue weighted by Gasteiger charge is 2.24. The van der Waals surface area contributed by atoms with E-state index >= 15 is 0 Å². The molecule has 148 valence electrons. The molecule has 0 bridgehead atoms. The molecule has 1 aliphatic heterocycles. The summed E-state index contributed by atoms with van der Waals surface area (Å²) in [5, 5.41) is 16.0. The largest absolute Gasteiger partial charge is 0.461 e. The van der Waals surface area contributed by atoms with Crippen molar-refractivity contribution in [2.45, 2.75) is 25.4 Å². The molecule has 0 aromatic carbocycles. The van der Waals surface area contributed by atoms with E-state index in [-0.39, 0.29) is 0 Å². The molecule has 1 fully saturated rings. The van der Waals surface area contributed by atoms with E-state index in [1.807, 2.05) is 23.5 Å². The van der Waals surface area contributed by atoms with E-state index in [0.717, 1.165) is 31.4 Å². The summed E-state index contributed by atoms with van der Waals surface area (Å²) in [6, 6.07) is 8.37. The van der Waals surface area contributed by atoms with Gasteiger partial charge in [-0.25, -0.2) is 4.98 Å². The molecule has 0 radical (unpaired) electrons. The van der Waals surface area contributed by atoms with Gasteiger partial charge < -0.3 is 15.1 Å². The Morgan fingerprint density at radius 2 is 2.21 bits per heavy atom. The second-order valence-electron chi connectivity index (χ2n) is 6.66. The van der Waals surface area contributed by atoms with Crippen LogP contribution in [-0.4, -0.2) is 52.7 Å². The molecule has 9 heteroatoms. The van der Waals surface area contributed by atoms with E-state index in [1.165, 1.54) is 17.7 Å². The summed E-state index contributed by atoms with van der Waals surface area (Å²) >= 11 is 1.81. The number of nitrogens with one attached hydrogen (secondary N) is 3. The second kappa shape index (κ2) is 9.03. The quantitative estimate of drug-likeness (QED) is 0.418. The van der Waals surface area contributed by atoms with Gasteiger partial charge in [0.05, 0.1) is 18.8 Å². The molecule has 4 heterocycles. The smallest absolute Gasteiger partial charge is 0.216 e. The first-order chi connectivity index (χ1) is 13.8. The monoisotopic (exact) mass is 399 g/mol. The summed E-state index contributed by atoms with van der Waals surface area (Å²) in [4.78, 5) is 12.7. The van der Waals surface area contributed by atoms with Gasteiger partial charge in [-0.1, -0.05) is 6.07 Å². The van der Waals surface area contributed by atoms with Crippen molar-refractivity contribution >= 4 is 17.3 Å². The Balaban J connectivity index is 1.33. The maximum Gasteiger partial charge on any atom is 0.216 e. The second-order valence-corrected chi connectivity index (χ2v) is 7.64. The number of aliphatic imine (C=N–C) groups is 1. The molecular weight excluding hydrogens is 374 g/mol. The van der Waals surface area contributed by atoms with Crippen molar-refractivity contribution in [1.29, 1.82) is 0 Å². The van der Waals surface area contributed by atoms with Crippen molar-refractivity contribution in [3.05, 3.63) is 46.6 Å². The van der Waals surface area contributed by atoms with Crippen molar-refractivity contribution in [3.63, 3.8) is 0 Å². The lowest BCUT2D eigenvalue weighted by atomic mass is 10.2. The Bertz CT molecular complexity index is 866. The number of aromatic amines is 1. The van der Waals surface area contributed by atoms with Gasteiger partial charge in [0.1, 0.15) is 5.82 Å². The molecule has 0 spiro atoms. The fourth-order valence-corrected chi connectivity index (χ4v) is 4.28. The molecule has 8 nitrogen and oxygen atoms in total. The van der Waals surface area contributed by atoms with E-state index in [2.05, 4.69) is 53.2 Å². The van der Waals surface area contributed by atoms with Gasteiger partial charge in [-0.3, -0.25) is 15.0 Å². The molecule has 1 aliphatic rings. The average molecular weight is 400 g/mol. The standard InChI is InChI=1S/C19H25N7OS/c1-20-19(22-13-17-23-18(25-24-17)15-6-4-10-27-15)21-12-14(16-7-5-11-28-16)26-8-2-3-9-26/h4-7,10-11,14H,2-3,8-9,12-13H2,1H3,(H2,20,21,22)(H,23,24,25). The summed E-state index contributed by atoms with van der Waals surface area (Å²) in [6.45, 7) is 3.63. The minimum absolute atomic E-state index is 0.372. The van der Waals surface area contributed by atoms with Crippen LogP contribution in [0.1, 0.15) is 29.6 Å². The van der Waals surface area contributed by atoms with Gasteiger partial charge in [0, 0.05) is 18.5 Å². The number of nitrogens with zero attached hydrogens (tertiary/aromatic N) is 4. The third kappa shape index (κ3) is 4.42. The van der Waals surface area contributed by atoms with Crippen molar-refractivity contribution < 1.29 is 4.42 Å². The van der Waals surface area contributed by atoms with Crippen LogP contribution in [0.5, 0.6) is 0 Å². The maximum atomic E-state index is 5.32. The Hall–Kier alpha value is -2.65. The van der Waals surface area contributed by atoms with Gasteiger partial charge in [-0.15, -0.1) is 16.4 Å². The number of hydrogen-bond acceptors (Lipinski definition) is 6. The fourth-order valence-electron chi connectivity index (χ4n) is 3.42. The molecule has 1 unspecified atom stereocenters. The molecule has 0 saturated carbocycles. The van der Waals surface area contributed by atoms with Crippen LogP contribution in [-0.2, 0) is 6.54 Å². The lowest BCUT2D eigenvalue weighted by molar-refractivity contribution is 0.249. The zero-order valence-corrected chi connectivity index (χ0v) is 16.7. The minimum Gasteiger partial charge on any atom is -0.461 e. The summed E-state index contributed by atoms with van der Waals surface area (Å²) in [5.41, 5.74) is 0. The van der Waals surface area contributed by atoms with Crippen molar-refractivity contribution in [3.8, 4) is 11.6 Å². The number of guanidine groups is 1. The molecule has 28 heavy (non-hydrogen) atoms. The summed E-state index contributed by atoms with van der Waals surface area (Å²) < 4.78 is 5.32. The van der Waals surface area contributed by atoms with Gasteiger partial charge >= 0.3 is 0 Å². The van der Waals surface area contributed by atoms with Crippen LogP contribution in [0.4, 0.5) is 0 Å². The molecule has 4 rings (SSSR count). The Morgan fingerprint density at radius 3 is 2.93 bits per heavy atom. The van der Waals surface area contributed by atoms with E-state index in [9.17, 15) is 0 Å². The zero-order valence-electron chi connectivity index (χ0n) is 15.9. The van der Waals surface area contributed by atoms with Crippen LogP contribution in [0.2, 0.25) is 0 Å². The Kier molecular flexibility index (Phi) is 6.03. The van der Waals surface area contributed by atoms with Crippen molar-refractivity contribution in [2.75, 3.05) is 26.7 Å². The highest BCUT2D eigenvalue weighted by atomic mass is 32.1. The van der Waals surface area contributed by atoms with E-state index in [0.29, 0.717) is 24.2 Å². The number of rotatable bonds is 7. The van der Waals surface area contributed by atoms with Gasteiger partial charge in [0.25, 0.3) is 0 Å². The molecule has 0 aliphatic carbocycles. The first-order valence-corrected chi connectivity index (χ1v) is 10.4. The van der Waals surface area contributed by atoms with Crippen molar-refractivity contribution in [2.24, 2.45) is 4.99 Å². The third-order valence-electron chi connectivity index (χ3n) is 4.84. The van der Waals surface area contributed by atoms with E-state index in [4.69, 9.17) is 4.42 Å². The molecule has 3 aromatic heterocycles. The predicted molar refractivity (Wildman–Crippen MR) is 110 cm³/mol. The summed E-state index contributed by atoms with van der Waals surface area (Å²) in [6.07, 6.45) is 4.16.